The van der Waals surface area contributed by atoms with Crippen LogP contribution in [0.25, 0.3) is 0 Å². The van der Waals surface area contributed by atoms with E-state index in [1.165, 1.54) is 57.1 Å². The van der Waals surface area contributed by atoms with Crippen molar-refractivity contribution in [1.29, 1.82) is 0 Å². The van der Waals surface area contributed by atoms with Gasteiger partial charge >= 0.3 is 12.5 Å². The lowest BCUT2D eigenvalue weighted by Crippen LogP contribution is -2.29. The van der Waals surface area contributed by atoms with Crippen LogP contribution >= 0.6 is 0 Å². The molecule has 1 fully saturated rings. The Kier molecular flexibility index (Phi) is 7.57. The van der Waals surface area contributed by atoms with Gasteiger partial charge in [0.1, 0.15) is 5.75 Å². The molecule has 0 amide bonds. The average molecular weight is 360 g/mol. The van der Waals surface area contributed by atoms with E-state index in [1.54, 1.807) is 12.1 Å². The summed E-state index contributed by atoms with van der Waals surface area (Å²) >= 11 is 0. The number of alkyl halides is 4. The molecule has 142 valence electrons. The number of ether oxygens (including phenoxy) is 1. The molecule has 1 aliphatic rings. The van der Waals surface area contributed by atoms with Crippen LogP contribution in [0.15, 0.2) is 24.3 Å². The van der Waals surface area contributed by atoms with Crippen LogP contribution in [0.2, 0.25) is 0 Å². The molecule has 0 spiro atoms. The number of benzene rings is 1. The molecule has 25 heavy (non-hydrogen) atoms. The van der Waals surface area contributed by atoms with Crippen LogP contribution in [-0.2, 0) is 6.42 Å². The summed E-state index contributed by atoms with van der Waals surface area (Å²) < 4.78 is 53.5. The maximum atomic E-state index is 12.8. The van der Waals surface area contributed by atoms with Crippen molar-refractivity contribution in [3.8, 4) is 5.75 Å². The first-order valence-electron chi connectivity index (χ1n) is 9.35. The summed E-state index contributed by atoms with van der Waals surface area (Å²) in [5, 5.41) is 0. The van der Waals surface area contributed by atoms with E-state index in [2.05, 4.69) is 11.7 Å². The Morgan fingerprint density at radius 1 is 1.00 bits per heavy atom. The van der Waals surface area contributed by atoms with Crippen LogP contribution in [-0.4, -0.2) is 12.5 Å². The van der Waals surface area contributed by atoms with Crippen LogP contribution in [0.4, 0.5) is 17.6 Å². The molecule has 0 radical (unpaired) electrons. The fourth-order valence-corrected chi connectivity index (χ4v) is 3.59. The van der Waals surface area contributed by atoms with Crippen LogP contribution in [0.1, 0.15) is 63.9 Å². The van der Waals surface area contributed by atoms with E-state index >= 15 is 0 Å². The summed E-state index contributed by atoms with van der Waals surface area (Å²) in [6, 6.07) is 6.28. The zero-order chi connectivity index (χ0) is 18.3. The van der Waals surface area contributed by atoms with Gasteiger partial charge in [0.25, 0.3) is 0 Å². The van der Waals surface area contributed by atoms with Crippen molar-refractivity contribution in [2.75, 3.05) is 0 Å². The molecule has 1 nitrogen and oxygen atoms in total. The van der Waals surface area contributed by atoms with Crippen molar-refractivity contribution >= 4 is 0 Å². The number of unbranched alkanes of at least 4 members (excludes halogenated alkanes) is 1. The highest BCUT2D eigenvalue weighted by Gasteiger charge is 2.42. The molecule has 0 bridgehead atoms. The minimum Gasteiger partial charge on any atom is -0.452 e. The number of hydrogen-bond donors (Lipinski definition) is 0. The van der Waals surface area contributed by atoms with Gasteiger partial charge in [-0.05, 0) is 42.4 Å². The molecule has 5 heteroatoms. The Balaban J connectivity index is 1.71. The van der Waals surface area contributed by atoms with Gasteiger partial charge in [-0.25, -0.2) is 0 Å². The third kappa shape index (κ3) is 6.87. The van der Waals surface area contributed by atoms with E-state index in [9.17, 15) is 17.6 Å². The second-order valence-electron chi connectivity index (χ2n) is 7.19. The summed E-state index contributed by atoms with van der Waals surface area (Å²) in [4.78, 5) is 0. The second kappa shape index (κ2) is 9.44. The highest BCUT2D eigenvalue weighted by molar-refractivity contribution is 5.27. The SMILES string of the molecule is CCCC[C@H]1CC[C@H](CCc2ccc(OC(F)C(F)(F)F)cc2)CC1. The van der Waals surface area contributed by atoms with E-state index in [-0.39, 0.29) is 5.75 Å². The zero-order valence-corrected chi connectivity index (χ0v) is 14.8. The number of rotatable bonds is 8. The number of halogens is 4. The highest BCUT2D eigenvalue weighted by Crippen LogP contribution is 2.34. The van der Waals surface area contributed by atoms with Crippen LogP contribution in [0, 0.1) is 11.8 Å². The fraction of sp³-hybridized carbons (Fsp3) is 0.700. The highest BCUT2D eigenvalue weighted by atomic mass is 19.4. The van der Waals surface area contributed by atoms with Gasteiger partial charge in [0.05, 0.1) is 0 Å². The van der Waals surface area contributed by atoms with E-state index in [0.29, 0.717) is 0 Å². The summed E-state index contributed by atoms with van der Waals surface area (Å²) in [7, 11) is 0. The van der Waals surface area contributed by atoms with Gasteiger partial charge in [0.15, 0.2) is 0 Å². The topological polar surface area (TPSA) is 9.23 Å². The second-order valence-corrected chi connectivity index (χ2v) is 7.19. The third-order valence-electron chi connectivity index (χ3n) is 5.19. The summed E-state index contributed by atoms with van der Waals surface area (Å²) in [6.07, 6.45) is 2.92. The fourth-order valence-electron chi connectivity index (χ4n) is 3.59. The predicted octanol–water partition coefficient (Wildman–Crippen LogP) is 6.85. The molecule has 0 saturated heterocycles. The average Bonchev–Trinajstić information content (AvgIpc) is 2.59. The smallest absolute Gasteiger partial charge is 0.452 e. The van der Waals surface area contributed by atoms with Crippen molar-refractivity contribution in [2.24, 2.45) is 11.8 Å². The minimum atomic E-state index is -4.99. The molecular weight excluding hydrogens is 332 g/mol. The Morgan fingerprint density at radius 2 is 1.56 bits per heavy atom. The third-order valence-corrected chi connectivity index (χ3v) is 5.19. The molecule has 1 unspecified atom stereocenters. The van der Waals surface area contributed by atoms with Crippen molar-refractivity contribution in [3.05, 3.63) is 29.8 Å². The molecular formula is C20H28F4O. The maximum Gasteiger partial charge on any atom is 0.457 e. The molecule has 1 aromatic rings. The van der Waals surface area contributed by atoms with Gasteiger partial charge in [-0.2, -0.15) is 17.6 Å². The van der Waals surface area contributed by atoms with Crippen LogP contribution < -0.4 is 4.74 Å². The Labute approximate surface area is 147 Å². The quantitative estimate of drug-likeness (QED) is 0.461. The van der Waals surface area contributed by atoms with Gasteiger partial charge in [-0.3, -0.25) is 0 Å². The standard InChI is InChI=1S/C20H28F4O/c1-2-3-4-15-5-7-16(8-6-15)9-10-17-11-13-18(14-12-17)25-19(21)20(22,23)24/h11-16,19H,2-10H2,1H3/t15-,16-,19?. The van der Waals surface area contributed by atoms with Crippen molar-refractivity contribution in [2.45, 2.75) is 77.2 Å². The van der Waals surface area contributed by atoms with Gasteiger partial charge in [0, 0.05) is 0 Å². The lowest BCUT2D eigenvalue weighted by molar-refractivity contribution is -0.236. The molecule has 0 heterocycles. The van der Waals surface area contributed by atoms with Crippen molar-refractivity contribution < 1.29 is 22.3 Å². The number of hydrogen-bond acceptors (Lipinski definition) is 1. The Morgan fingerprint density at radius 3 is 2.08 bits per heavy atom. The number of aryl methyl sites for hydroxylation is 1. The summed E-state index contributed by atoms with van der Waals surface area (Å²) in [5.74, 6) is 1.55. The largest absolute Gasteiger partial charge is 0.457 e. The van der Waals surface area contributed by atoms with Gasteiger partial charge in [0.2, 0.25) is 0 Å². The first-order valence-corrected chi connectivity index (χ1v) is 9.35. The van der Waals surface area contributed by atoms with Gasteiger partial charge in [-0.15, -0.1) is 0 Å². The zero-order valence-electron chi connectivity index (χ0n) is 14.8. The molecule has 0 N–H and O–H groups in total. The Hall–Kier alpha value is -1.26. The lowest BCUT2D eigenvalue weighted by atomic mass is 9.78. The van der Waals surface area contributed by atoms with E-state index in [1.807, 2.05) is 0 Å². The van der Waals surface area contributed by atoms with Crippen LogP contribution in [0.3, 0.4) is 0 Å². The molecule has 1 aromatic carbocycles. The maximum absolute atomic E-state index is 12.8. The molecule has 0 aromatic heterocycles. The molecule has 2 rings (SSSR count). The molecule has 0 aliphatic heterocycles. The monoisotopic (exact) mass is 360 g/mol. The van der Waals surface area contributed by atoms with Crippen molar-refractivity contribution in [1.82, 2.24) is 0 Å². The van der Waals surface area contributed by atoms with E-state index in [0.717, 1.165) is 30.2 Å². The van der Waals surface area contributed by atoms with Crippen molar-refractivity contribution in [3.63, 3.8) is 0 Å². The normalized spacial score (nSPS) is 22.6. The summed E-state index contributed by atoms with van der Waals surface area (Å²) in [5.41, 5.74) is 1.06. The van der Waals surface area contributed by atoms with Gasteiger partial charge in [-0.1, -0.05) is 64.0 Å². The summed E-state index contributed by atoms with van der Waals surface area (Å²) in [6.45, 7) is 2.23. The van der Waals surface area contributed by atoms with E-state index < -0.39 is 12.5 Å². The molecule has 1 aliphatic carbocycles. The lowest BCUT2D eigenvalue weighted by Gasteiger charge is -2.28. The first kappa shape index (κ1) is 20.1. The predicted molar refractivity (Wildman–Crippen MR) is 91.3 cm³/mol. The first-order chi connectivity index (χ1) is 11.9. The van der Waals surface area contributed by atoms with Gasteiger partial charge < -0.3 is 4.74 Å². The molecule has 1 atom stereocenters. The van der Waals surface area contributed by atoms with E-state index in [4.69, 9.17) is 0 Å². The Bertz CT molecular complexity index is 489. The van der Waals surface area contributed by atoms with Crippen LogP contribution in [0.5, 0.6) is 5.75 Å². The minimum absolute atomic E-state index is 0.0926. The molecule has 1 saturated carbocycles.